The minimum atomic E-state index is -4.68. The number of anilines is 1. The van der Waals surface area contributed by atoms with Gasteiger partial charge < -0.3 is 0 Å². The van der Waals surface area contributed by atoms with Crippen LogP contribution in [0.2, 0.25) is 0 Å². The Kier molecular flexibility index (Phi) is 5.36. The summed E-state index contributed by atoms with van der Waals surface area (Å²) in [6, 6.07) is 0.851. The molecular weight excluding hydrogens is 392 g/mol. The molecule has 8 nitrogen and oxygen atoms in total. The number of aromatic nitrogens is 6. The molecule has 0 radical (unpaired) electrons. The summed E-state index contributed by atoms with van der Waals surface area (Å²) in [6.45, 7) is 5.68. The number of hydrazone groups is 1. The van der Waals surface area contributed by atoms with Gasteiger partial charge >= 0.3 is 6.18 Å². The van der Waals surface area contributed by atoms with E-state index in [1.165, 1.54) is 7.05 Å². The molecule has 1 N–H and O–H groups in total. The SMILES string of the molecule is CCn1cc(-c2cc(C(F)(F)F)nc(N/N=C\c3c(C)nn(C)c3F)n2)c(C)n1. The molecule has 12 heteroatoms. The van der Waals surface area contributed by atoms with E-state index in [0.29, 0.717) is 23.5 Å². The first-order chi connectivity index (χ1) is 13.6. The molecule has 0 amide bonds. The number of nitrogens with zero attached hydrogens (tertiary/aromatic N) is 7. The van der Waals surface area contributed by atoms with Crippen LogP contribution >= 0.6 is 0 Å². The van der Waals surface area contributed by atoms with E-state index in [0.717, 1.165) is 17.0 Å². The molecule has 0 aliphatic rings. The van der Waals surface area contributed by atoms with E-state index in [4.69, 9.17) is 0 Å². The first-order valence-corrected chi connectivity index (χ1v) is 8.59. The molecule has 0 saturated carbocycles. The van der Waals surface area contributed by atoms with Gasteiger partial charge in [-0.2, -0.15) is 32.9 Å². The van der Waals surface area contributed by atoms with E-state index in [2.05, 4.69) is 30.7 Å². The first kappa shape index (κ1) is 20.4. The van der Waals surface area contributed by atoms with Gasteiger partial charge in [0.25, 0.3) is 0 Å². The highest BCUT2D eigenvalue weighted by Crippen LogP contribution is 2.31. The standard InChI is InChI=1S/C17H18F4N8/c1-5-29-8-12(10(3)27-29)13-6-14(17(19,20)21)24-16(23-13)25-22-7-11-9(2)26-28(4)15(11)18/h6-8H,5H2,1-4H3,(H,23,24,25)/b22-7-. The Labute approximate surface area is 163 Å². The molecule has 3 aromatic rings. The van der Waals surface area contributed by atoms with Gasteiger partial charge in [-0.05, 0) is 26.8 Å². The number of hydrogen-bond acceptors (Lipinski definition) is 6. The predicted octanol–water partition coefficient (Wildman–Crippen LogP) is 3.31. The third-order valence-electron chi connectivity index (χ3n) is 4.12. The van der Waals surface area contributed by atoms with Crippen LogP contribution in [0.3, 0.4) is 0 Å². The Morgan fingerprint density at radius 1 is 1.17 bits per heavy atom. The zero-order chi connectivity index (χ0) is 21.3. The van der Waals surface area contributed by atoms with Crippen molar-refractivity contribution >= 4 is 12.2 Å². The highest BCUT2D eigenvalue weighted by atomic mass is 19.4. The second kappa shape index (κ2) is 7.60. The zero-order valence-electron chi connectivity index (χ0n) is 16.1. The van der Waals surface area contributed by atoms with Crippen molar-refractivity contribution in [1.29, 1.82) is 0 Å². The van der Waals surface area contributed by atoms with Crippen LogP contribution in [0.1, 0.15) is 29.6 Å². The Morgan fingerprint density at radius 3 is 2.45 bits per heavy atom. The number of hydrogen-bond donors (Lipinski definition) is 1. The summed E-state index contributed by atoms with van der Waals surface area (Å²) >= 11 is 0. The minimum absolute atomic E-state index is 0.0472. The second-order valence-electron chi connectivity index (χ2n) is 6.23. The molecule has 3 aromatic heterocycles. The molecule has 0 unspecified atom stereocenters. The lowest BCUT2D eigenvalue weighted by Gasteiger charge is -2.09. The summed E-state index contributed by atoms with van der Waals surface area (Å²) in [7, 11) is 1.42. The smallest absolute Gasteiger partial charge is 0.272 e. The van der Waals surface area contributed by atoms with E-state index in [-0.39, 0.29) is 17.2 Å². The van der Waals surface area contributed by atoms with Crippen molar-refractivity contribution in [1.82, 2.24) is 29.5 Å². The Hall–Kier alpha value is -3.31. The quantitative estimate of drug-likeness (QED) is 0.396. The van der Waals surface area contributed by atoms with Gasteiger partial charge in [-0.25, -0.2) is 20.1 Å². The van der Waals surface area contributed by atoms with Crippen molar-refractivity contribution in [2.75, 3.05) is 5.43 Å². The average Bonchev–Trinajstić information content (AvgIpc) is 3.14. The monoisotopic (exact) mass is 410 g/mol. The van der Waals surface area contributed by atoms with Crippen molar-refractivity contribution in [3.05, 3.63) is 40.9 Å². The Balaban J connectivity index is 1.97. The lowest BCUT2D eigenvalue weighted by atomic mass is 10.1. The summed E-state index contributed by atoms with van der Waals surface area (Å²) in [5.74, 6) is -1.00. The van der Waals surface area contributed by atoms with Crippen molar-refractivity contribution in [2.24, 2.45) is 12.1 Å². The van der Waals surface area contributed by atoms with Crippen LogP contribution in [-0.4, -0.2) is 35.7 Å². The number of aryl methyl sites for hydroxylation is 4. The molecular formula is C17H18F4N8. The van der Waals surface area contributed by atoms with E-state index in [1.54, 1.807) is 24.7 Å². The number of halogens is 4. The van der Waals surface area contributed by atoms with Crippen LogP contribution in [0.4, 0.5) is 23.5 Å². The largest absolute Gasteiger partial charge is 0.433 e. The fourth-order valence-electron chi connectivity index (χ4n) is 2.66. The van der Waals surface area contributed by atoms with E-state index in [1.807, 2.05) is 6.92 Å². The molecule has 0 aromatic carbocycles. The van der Waals surface area contributed by atoms with Gasteiger partial charge in [-0.1, -0.05) is 0 Å². The molecule has 0 saturated heterocycles. The van der Waals surface area contributed by atoms with E-state index < -0.39 is 17.8 Å². The van der Waals surface area contributed by atoms with Gasteiger partial charge in [0.2, 0.25) is 11.9 Å². The molecule has 0 spiro atoms. The Morgan fingerprint density at radius 2 is 1.90 bits per heavy atom. The average molecular weight is 410 g/mol. The van der Waals surface area contributed by atoms with Crippen LogP contribution in [0, 0.1) is 19.8 Å². The third-order valence-corrected chi connectivity index (χ3v) is 4.12. The second-order valence-corrected chi connectivity index (χ2v) is 6.23. The maximum atomic E-state index is 13.9. The molecule has 0 aliphatic carbocycles. The van der Waals surface area contributed by atoms with Gasteiger partial charge in [-0.15, -0.1) is 0 Å². The van der Waals surface area contributed by atoms with Crippen LogP contribution < -0.4 is 5.43 Å². The molecule has 3 rings (SSSR count). The fourth-order valence-corrected chi connectivity index (χ4v) is 2.66. The first-order valence-electron chi connectivity index (χ1n) is 8.59. The van der Waals surface area contributed by atoms with Crippen molar-refractivity contribution < 1.29 is 17.6 Å². The highest BCUT2D eigenvalue weighted by molar-refractivity contribution is 5.81. The predicted molar refractivity (Wildman–Crippen MR) is 97.8 cm³/mol. The van der Waals surface area contributed by atoms with Crippen molar-refractivity contribution in [3.8, 4) is 11.3 Å². The topological polar surface area (TPSA) is 85.8 Å². The summed E-state index contributed by atoms with van der Waals surface area (Å²) in [5.41, 5.74) is 2.71. The maximum absolute atomic E-state index is 13.9. The number of nitrogens with one attached hydrogen (secondary N) is 1. The van der Waals surface area contributed by atoms with Gasteiger partial charge in [0.15, 0.2) is 5.69 Å². The Bertz CT molecular complexity index is 1060. The maximum Gasteiger partial charge on any atom is 0.433 e. The van der Waals surface area contributed by atoms with Gasteiger partial charge in [0, 0.05) is 25.4 Å². The third kappa shape index (κ3) is 4.25. The van der Waals surface area contributed by atoms with E-state index in [9.17, 15) is 17.6 Å². The summed E-state index contributed by atoms with van der Waals surface area (Å²) in [6.07, 6.45) is -1.96. The summed E-state index contributed by atoms with van der Waals surface area (Å²) in [4.78, 5) is 7.57. The lowest BCUT2D eigenvalue weighted by molar-refractivity contribution is -0.141. The zero-order valence-corrected chi connectivity index (χ0v) is 16.1. The summed E-state index contributed by atoms with van der Waals surface area (Å²) in [5, 5.41) is 11.9. The molecule has 154 valence electrons. The summed E-state index contributed by atoms with van der Waals surface area (Å²) < 4.78 is 56.4. The molecule has 0 aliphatic heterocycles. The molecule has 0 atom stereocenters. The fraction of sp³-hybridized carbons (Fsp3) is 0.353. The van der Waals surface area contributed by atoms with E-state index >= 15 is 0 Å². The molecule has 0 bridgehead atoms. The minimum Gasteiger partial charge on any atom is -0.272 e. The van der Waals surface area contributed by atoms with Crippen molar-refractivity contribution in [2.45, 2.75) is 33.5 Å². The van der Waals surface area contributed by atoms with Gasteiger partial charge in [-0.3, -0.25) is 4.68 Å². The highest BCUT2D eigenvalue weighted by Gasteiger charge is 2.34. The normalized spacial score (nSPS) is 12.1. The van der Waals surface area contributed by atoms with Crippen LogP contribution in [0.15, 0.2) is 17.4 Å². The number of rotatable bonds is 5. The molecule has 29 heavy (non-hydrogen) atoms. The lowest BCUT2D eigenvalue weighted by Crippen LogP contribution is -2.11. The van der Waals surface area contributed by atoms with Crippen LogP contribution in [0.25, 0.3) is 11.3 Å². The van der Waals surface area contributed by atoms with Crippen LogP contribution in [-0.2, 0) is 19.8 Å². The molecule has 0 fully saturated rings. The number of alkyl halides is 3. The molecule has 3 heterocycles. The van der Waals surface area contributed by atoms with Gasteiger partial charge in [0.05, 0.1) is 28.9 Å². The van der Waals surface area contributed by atoms with Crippen LogP contribution in [0.5, 0.6) is 0 Å². The van der Waals surface area contributed by atoms with Crippen molar-refractivity contribution in [3.63, 3.8) is 0 Å². The van der Waals surface area contributed by atoms with Gasteiger partial charge in [0.1, 0.15) is 0 Å².